The van der Waals surface area contributed by atoms with E-state index < -0.39 is 0 Å². The third kappa shape index (κ3) is 4.54. The smallest absolute Gasteiger partial charge is 0.170 e. The summed E-state index contributed by atoms with van der Waals surface area (Å²) in [6.07, 6.45) is 2.55. The second kappa shape index (κ2) is 8.25. The summed E-state index contributed by atoms with van der Waals surface area (Å²) in [7, 11) is 0. The van der Waals surface area contributed by atoms with E-state index in [1.807, 2.05) is 23.9 Å². The first kappa shape index (κ1) is 16.9. The molecule has 0 fully saturated rings. The van der Waals surface area contributed by atoms with E-state index >= 15 is 0 Å². The van der Waals surface area contributed by atoms with Crippen LogP contribution in [0.1, 0.15) is 35.2 Å². The standard InChI is InChI=1S/C20H22O3S/c1-15-4-7-17(8-5-15)24-13-3-2-11-22-16-6-9-20-18(14-16)19(21)10-12-23-20/h4-9,14H,2-3,10-13H2,1H3. The van der Waals surface area contributed by atoms with Crippen molar-refractivity contribution in [2.75, 3.05) is 19.0 Å². The molecular formula is C20H22O3S. The lowest BCUT2D eigenvalue weighted by molar-refractivity contribution is 0.0933. The van der Waals surface area contributed by atoms with E-state index in [1.165, 1.54) is 10.5 Å². The van der Waals surface area contributed by atoms with Gasteiger partial charge in [0.1, 0.15) is 11.5 Å². The summed E-state index contributed by atoms with van der Waals surface area (Å²) in [6, 6.07) is 14.1. The highest BCUT2D eigenvalue weighted by Crippen LogP contribution is 2.28. The highest BCUT2D eigenvalue weighted by molar-refractivity contribution is 7.99. The molecule has 1 heterocycles. The molecular weight excluding hydrogens is 320 g/mol. The lowest BCUT2D eigenvalue weighted by Crippen LogP contribution is -2.15. The van der Waals surface area contributed by atoms with Crippen molar-refractivity contribution < 1.29 is 14.3 Å². The molecule has 0 aliphatic carbocycles. The summed E-state index contributed by atoms with van der Waals surface area (Å²) in [5.74, 6) is 2.64. The summed E-state index contributed by atoms with van der Waals surface area (Å²) >= 11 is 1.88. The normalized spacial score (nSPS) is 13.3. The Morgan fingerprint density at radius 1 is 1.12 bits per heavy atom. The highest BCUT2D eigenvalue weighted by atomic mass is 32.2. The predicted octanol–water partition coefficient (Wildman–Crippen LogP) is 4.91. The minimum atomic E-state index is 0.135. The number of carbonyl (C=O) groups is 1. The number of Topliss-reactive ketones (excluding diaryl/α,β-unsaturated/α-hetero) is 1. The first-order valence-corrected chi connectivity index (χ1v) is 9.33. The van der Waals surface area contributed by atoms with Gasteiger partial charge in [-0.3, -0.25) is 4.79 Å². The van der Waals surface area contributed by atoms with Crippen molar-refractivity contribution >= 4 is 17.5 Å². The monoisotopic (exact) mass is 342 g/mol. The highest BCUT2D eigenvalue weighted by Gasteiger charge is 2.18. The van der Waals surface area contributed by atoms with Gasteiger partial charge in [-0.25, -0.2) is 0 Å². The van der Waals surface area contributed by atoms with Gasteiger partial charge in [-0.2, -0.15) is 0 Å². The molecule has 0 radical (unpaired) electrons. The number of ether oxygens (including phenoxy) is 2. The number of fused-ring (bicyclic) bond motifs is 1. The molecule has 0 amide bonds. The lowest BCUT2D eigenvalue weighted by atomic mass is 10.0. The van der Waals surface area contributed by atoms with Crippen molar-refractivity contribution in [3.8, 4) is 11.5 Å². The van der Waals surface area contributed by atoms with Gasteiger partial charge >= 0.3 is 0 Å². The molecule has 0 atom stereocenters. The molecule has 2 aromatic rings. The number of hydrogen-bond donors (Lipinski definition) is 0. The molecule has 0 N–H and O–H groups in total. The first-order valence-electron chi connectivity index (χ1n) is 8.35. The van der Waals surface area contributed by atoms with E-state index in [9.17, 15) is 4.79 Å². The summed E-state index contributed by atoms with van der Waals surface area (Å²) in [5, 5.41) is 0. The topological polar surface area (TPSA) is 35.5 Å². The molecule has 1 aliphatic rings. The SMILES string of the molecule is Cc1ccc(SCCCCOc2ccc3c(c2)C(=O)CCO3)cc1. The fraction of sp³-hybridized carbons (Fsp3) is 0.350. The van der Waals surface area contributed by atoms with Gasteiger partial charge in [-0.1, -0.05) is 17.7 Å². The number of rotatable bonds is 7. The second-order valence-electron chi connectivity index (χ2n) is 5.90. The third-order valence-corrected chi connectivity index (χ3v) is 5.03. The zero-order valence-electron chi connectivity index (χ0n) is 13.9. The van der Waals surface area contributed by atoms with E-state index in [1.54, 1.807) is 6.07 Å². The van der Waals surface area contributed by atoms with Crippen molar-refractivity contribution in [1.82, 2.24) is 0 Å². The Hall–Kier alpha value is -1.94. The maximum Gasteiger partial charge on any atom is 0.170 e. The lowest BCUT2D eigenvalue weighted by Gasteiger charge is -2.17. The Labute approximate surface area is 147 Å². The third-order valence-electron chi connectivity index (χ3n) is 3.94. The van der Waals surface area contributed by atoms with Crippen molar-refractivity contribution in [1.29, 1.82) is 0 Å². The van der Waals surface area contributed by atoms with E-state index in [0.717, 1.165) is 24.3 Å². The Kier molecular flexibility index (Phi) is 5.81. The number of ketones is 1. The van der Waals surface area contributed by atoms with Crippen LogP contribution >= 0.6 is 11.8 Å². The van der Waals surface area contributed by atoms with Crippen molar-refractivity contribution in [3.63, 3.8) is 0 Å². The molecule has 0 unspecified atom stereocenters. The van der Waals surface area contributed by atoms with Gasteiger partial charge in [0.25, 0.3) is 0 Å². The molecule has 24 heavy (non-hydrogen) atoms. The maximum absolute atomic E-state index is 11.9. The molecule has 126 valence electrons. The van der Waals surface area contributed by atoms with Crippen LogP contribution in [0.4, 0.5) is 0 Å². The molecule has 0 aromatic heterocycles. The Balaban J connectivity index is 1.38. The van der Waals surface area contributed by atoms with Gasteiger partial charge in [0, 0.05) is 11.3 Å². The first-order chi connectivity index (χ1) is 11.7. The molecule has 0 spiro atoms. The van der Waals surface area contributed by atoms with E-state index in [0.29, 0.717) is 30.9 Å². The summed E-state index contributed by atoms with van der Waals surface area (Å²) in [5.41, 5.74) is 1.94. The second-order valence-corrected chi connectivity index (χ2v) is 7.07. The summed E-state index contributed by atoms with van der Waals surface area (Å²) < 4.78 is 11.2. The molecule has 0 saturated carbocycles. The minimum absolute atomic E-state index is 0.135. The van der Waals surface area contributed by atoms with Gasteiger partial charge in [-0.05, 0) is 55.9 Å². The molecule has 4 heteroatoms. The van der Waals surface area contributed by atoms with Crippen LogP contribution in [0.3, 0.4) is 0 Å². The van der Waals surface area contributed by atoms with Crippen molar-refractivity contribution in [2.24, 2.45) is 0 Å². The van der Waals surface area contributed by atoms with E-state index in [2.05, 4.69) is 31.2 Å². The number of carbonyl (C=O) groups excluding carboxylic acids is 1. The van der Waals surface area contributed by atoms with Gasteiger partial charge in [0.15, 0.2) is 5.78 Å². The number of thioether (sulfide) groups is 1. The summed E-state index contributed by atoms with van der Waals surface area (Å²) in [6.45, 7) is 3.25. The number of aryl methyl sites for hydroxylation is 1. The van der Waals surface area contributed by atoms with Crippen LogP contribution in [0.25, 0.3) is 0 Å². The van der Waals surface area contributed by atoms with Crippen LogP contribution in [-0.2, 0) is 0 Å². The zero-order valence-corrected chi connectivity index (χ0v) is 14.7. The van der Waals surface area contributed by atoms with Gasteiger partial charge < -0.3 is 9.47 Å². The molecule has 1 aliphatic heterocycles. The van der Waals surface area contributed by atoms with Crippen LogP contribution < -0.4 is 9.47 Å². The fourth-order valence-corrected chi connectivity index (χ4v) is 3.46. The molecule has 2 aromatic carbocycles. The van der Waals surface area contributed by atoms with Crippen LogP contribution in [0, 0.1) is 6.92 Å². The Morgan fingerprint density at radius 3 is 2.79 bits per heavy atom. The maximum atomic E-state index is 11.9. The van der Waals surface area contributed by atoms with E-state index in [4.69, 9.17) is 9.47 Å². The predicted molar refractivity (Wildman–Crippen MR) is 97.5 cm³/mol. The van der Waals surface area contributed by atoms with E-state index in [-0.39, 0.29) is 5.78 Å². The summed E-state index contributed by atoms with van der Waals surface area (Å²) in [4.78, 5) is 13.2. The zero-order chi connectivity index (χ0) is 16.8. The average Bonchev–Trinajstić information content (AvgIpc) is 2.60. The molecule has 3 rings (SSSR count). The Morgan fingerprint density at radius 2 is 1.96 bits per heavy atom. The van der Waals surface area contributed by atoms with Gasteiger partial charge in [-0.15, -0.1) is 11.8 Å². The average molecular weight is 342 g/mol. The quantitative estimate of drug-likeness (QED) is 0.529. The number of benzene rings is 2. The fourth-order valence-electron chi connectivity index (χ4n) is 2.55. The number of hydrogen-bond acceptors (Lipinski definition) is 4. The van der Waals surface area contributed by atoms with Crippen molar-refractivity contribution in [3.05, 3.63) is 53.6 Å². The Bertz CT molecular complexity index is 695. The van der Waals surface area contributed by atoms with Crippen LogP contribution in [-0.4, -0.2) is 24.7 Å². The van der Waals surface area contributed by atoms with Crippen LogP contribution in [0.2, 0.25) is 0 Å². The molecule has 0 bridgehead atoms. The van der Waals surface area contributed by atoms with Crippen molar-refractivity contribution in [2.45, 2.75) is 31.1 Å². The molecule has 3 nitrogen and oxygen atoms in total. The van der Waals surface area contributed by atoms with Crippen LogP contribution in [0.15, 0.2) is 47.4 Å². The minimum Gasteiger partial charge on any atom is -0.494 e. The number of unbranched alkanes of at least 4 members (excludes halogenated alkanes) is 1. The van der Waals surface area contributed by atoms with Crippen LogP contribution in [0.5, 0.6) is 11.5 Å². The van der Waals surface area contributed by atoms with Gasteiger partial charge in [0.05, 0.1) is 18.8 Å². The van der Waals surface area contributed by atoms with Gasteiger partial charge in [0.2, 0.25) is 0 Å². The molecule has 0 saturated heterocycles. The largest absolute Gasteiger partial charge is 0.494 e.